The fourth-order valence-electron chi connectivity index (χ4n) is 5.85. The minimum Gasteiger partial charge on any atom is -0.462 e. The highest BCUT2D eigenvalue weighted by atomic mass is 32.1. The Balaban J connectivity index is 1.79. The number of nitriles is 1. The molecule has 5 rings (SSSR count). The van der Waals surface area contributed by atoms with Crippen LogP contribution in [0.5, 0.6) is 0 Å². The van der Waals surface area contributed by atoms with Crippen LogP contribution >= 0.6 is 11.3 Å². The number of esters is 1. The largest absolute Gasteiger partial charge is 0.462 e. The minimum absolute atomic E-state index is 0.0650. The summed E-state index contributed by atoms with van der Waals surface area (Å²) >= 11 is 1.50. The van der Waals surface area contributed by atoms with Gasteiger partial charge in [0.15, 0.2) is 5.78 Å². The molecule has 1 aromatic carbocycles. The smallest absolute Gasteiger partial charge is 0.341 e. The molecule has 2 aromatic rings. The monoisotopic (exact) mass is 519 g/mol. The van der Waals surface area contributed by atoms with Gasteiger partial charge in [-0.1, -0.05) is 26.0 Å². The molecule has 192 valence electrons. The van der Waals surface area contributed by atoms with E-state index in [0.29, 0.717) is 40.2 Å². The number of nitrogens with two attached hydrogens (primary N) is 1. The Morgan fingerprint density at radius 3 is 2.62 bits per heavy atom. The molecule has 3 aliphatic rings. The van der Waals surface area contributed by atoms with Crippen LogP contribution in [0.3, 0.4) is 0 Å². The molecule has 1 atom stereocenters. The number of nitrogens with zero attached hydrogens (tertiary/aromatic N) is 2. The van der Waals surface area contributed by atoms with Gasteiger partial charge in [-0.2, -0.15) is 5.26 Å². The number of carbonyl (C=O) groups is 2. The summed E-state index contributed by atoms with van der Waals surface area (Å²) in [7, 11) is 0. The minimum atomic E-state index is -0.693. The van der Waals surface area contributed by atoms with Crippen LogP contribution in [0.25, 0.3) is 0 Å². The summed E-state index contributed by atoms with van der Waals surface area (Å²) in [5.41, 5.74) is 9.98. The van der Waals surface area contributed by atoms with Gasteiger partial charge in [-0.15, -0.1) is 11.3 Å². The average Bonchev–Trinajstić information content (AvgIpc) is 3.22. The van der Waals surface area contributed by atoms with E-state index in [1.165, 1.54) is 23.5 Å². The predicted molar refractivity (Wildman–Crippen MR) is 140 cm³/mol. The van der Waals surface area contributed by atoms with Gasteiger partial charge in [-0.3, -0.25) is 9.69 Å². The Morgan fingerprint density at radius 1 is 1.24 bits per heavy atom. The van der Waals surface area contributed by atoms with Crippen LogP contribution in [-0.4, -0.2) is 18.4 Å². The van der Waals surface area contributed by atoms with E-state index in [2.05, 4.69) is 6.07 Å². The van der Waals surface area contributed by atoms with E-state index in [1.807, 2.05) is 13.8 Å². The third-order valence-electron chi connectivity index (χ3n) is 7.42. The Hall–Kier alpha value is -3.44. The van der Waals surface area contributed by atoms with Gasteiger partial charge in [0.1, 0.15) is 16.6 Å². The van der Waals surface area contributed by atoms with Crippen molar-refractivity contribution in [2.75, 3.05) is 11.5 Å². The van der Waals surface area contributed by atoms with E-state index >= 15 is 0 Å². The van der Waals surface area contributed by atoms with E-state index in [0.717, 1.165) is 36.1 Å². The molecule has 0 spiro atoms. The molecule has 0 radical (unpaired) electrons. The molecular formula is C29H30FN3O3S. The van der Waals surface area contributed by atoms with Crippen LogP contribution in [0.4, 0.5) is 9.39 Å². The second kappa shape index (κ2) is 9.46. The molecular weight excluding hydrogens is 489 g/mol. The molecule has 37 heavy (non-hydrogen) atoms. The number of thiophene rings is 1. The summed E-state index contributed by atoms with van der Waals surface area (Å²) in [6, 6.07) is 8.11. The Morgan fingerprint density at radius 2 is 1.95 bits per heavy atom. The van der Waals surface area contributed by atoms with E-state index in [-0.39, 0.29) is 29.2 Å². The molecule has 0 amide bonds. The van der Waals surface area contributed by atoms with Crippen molar-refractivity contribution < 1.29 is 18.7 Å². The van der Waals surface area contributed by atoms with E-state index in [9.17, 15) is 19.2 Å². The lowest BCUT2D eigenvalue weighted by molar-refractivity contribution is -0.118. The lowest BCUT2D eigenvalue weighted by atomic mass is 9.68. The first-order chi connectivity index (χ1) is 17.7. The lowest BCUT2D eigenvalue weighted by Gasteiger charge is -2.43. The Kier molecular flexibility index (Phi) is 6.45. The van der Waals surface area contributed by atoms with Gasteiger partial charge in [0.05, 0.1) is 29.7 Å². The zero-order valence-electron chi connectivity index (χ0n) is 21.3. The summed E-state index contributed by atoms with van der Waals surface area (Å²) in [6.45, 7) is 6.08. The van der Waals surface area contributed by atoms with Gasteiger partial charge < -0.3 is 10.5 Å². The summed E-state index contributed by atoms with van der Waals surface area (Å²) in [5.74, 6) is -1.37. The first-order valence-electron chi connectivity index (χ1n) is 12.7. The molecule has 2 heterocycles. The maximum absolute atomic E-state index is 13.8. The molecule has 0 saturated carbocycles. The van der Waals surface area contributed by atoms with Gasteiger partial charge in [0.2, 0.25) is 0 Å². The standard InChI is InChI=1S/C29H30FN3O3S/c1-4-36-28(35)24-18-7-5-6-8-22(18)37-27(24)33-20-13-29(2,3)14-21(34)25(20)23(19(15-31)26(33)32)16-9-11-17(30)12-10-16/h9-12,23H,4-8,13-14,32H2,1-3H3/t23-/m1/s1. The number of anilines is 1. The molecule has 8 heteroatoms. The molecule has 2 aliphatic carbocycles. The molecule has 1 aromatic heterocycles. The zero-order valence-corrected chi connectivity index (χ0v) is 22.1. The second-order valence-electron chi connectivity index (χ2n) is 10.6. The van der Waals surface area contributed by atoms with Crippen molar-refractivity contribution in [2.45, 2.75) is 65.2 Å². The summed E-state index contributed by atoms with van der Waals surface area (Å²) in [6.07, 6.45) is 4.52. The van der Waals surface area contributed by atoms with Crippen LogP contribution in [0.1, 0.15) is 78.7 Å². The molecule has 0 unspecified atom stereocenters. The molecule has 0 saturated heterocycles. The van der Waals surface area contributed by atoms with Crippen molar-refractivity contribution in [3.05, 3.63) is 74.3 Å². The topological polar surface area (TPSA) is 96.4 Å². The van der Waals surface area contributed by atoms with Crippen LogP contribution in [0, 0.1) is 22.6 Å². The molecule has 0 bridgehead atoms. The third kappa shape index (κ3) is 4.25. The number of hydrogen-bond donors (Lipinski definition) is 1. The summed E-state index contributed by atoms with van der Waals surface area (Å²) in [5, 5.41) is 10.9. The summed E-state index contributed by atoms with van der Waals surface area (Å²) < 4.78 is 19.2. The predicted octanol–water partition coefficient (Wildman–Crippen LogP) is 5.88. The van der Waals surface area contributed by atoms with Gasteiger partial charge in [0, 0.05) is 22.6 Å². The number of aryl methyl sites for hydroxylation is 1. The van der Waals surface area contributed by atoms with E-state index < -0.39 is 17.7 Å². The number of rotatable bonds is 4. The Bertz CT molecular complexity index is 1390. The number of halogens is 1. The Labute approximate surface area is 220 Å². The van der Waals surface area contributed by atoms with Crippen LogP contribution in [0.15, 0.2) is 46.9 Å². The van der Waals surface area contributed by atoms with Gasteiger partial charge >= 0.3 is 5.97 Å². The highest BCUT2D eigenvalue weighted by Gasteiger charge is 2.46. The highest BCUT2D eigenvalue weighted by molar-refractivity contribution is 7.16. The summed E-state index contributed by atoms with van der Waals surface area (Å²) in [4.78, 5) is 29.9. The SMILES string of the molecule is CCOC(=O)c1c(N2C(N)=C(C#N)[C@@H](c3ccc(F)cc3)C3=C2CC(C)(C)CC3=O)sc2c1CCCC2. The molecule has 1 aliphatic heterocycles. The number of carbonyl (C=O) groups excluding carboxylic acids is 2. The van der Waals surface area contributed by atoms with Crippen molar-refractivity contribution in [2.24, 2.45) is 11.1 Å². The first-order valence-corrected chi connectivity index (χ1v) is 13.5. The fourth-order valence-corrected chi connectivity index (χ4v) is 7.27. The maximum atomic E-state index is 13.8. The number of fused-ring (bicyclic) bond motifs is 1. The maximum Gasteiger partial charge on any atom is 0.341 e. The van der Waals surface area contributed by atoms with E-state index in [4.69, 9.17) is 10.5 Å². The van der Waals surface area contributed by atoms with Crippen molar-refractivity contribution >= 4 is 28.1 Å². The van der Waals surface area contributed by atoms with E-state index in [1.54, 1.807) is 24.0 Å². The van der Waals surface area contributed by atoms with Crippen LogP contribution < -0.4 is 10.6 Å². The number of hydrogen-bond acceptors (Lipinski definition) is 7. The number of Topliss-reactive ketones (excluding diaryl/α,β-unsaturated/α-hetero) is 1. The highest BCUT2D eigenvalue weighted by Crippen LogP contribution is 2.53. The second-order valence-corrected chi connectivity index (χ2v) is 11.7. The normalized spacial score (nSPS) is 20.9. The zero-order chi connectivity index (χ0) is 26.5. The quantitative estimate of drug-likeness (QED) is 0.507. The van der Waals surface area contributed by atoms with Crippen LogP contribution in [-0.2, 0) is 22.4 Å². The van der Waals surface area contributed by atoms with Crippen molar-refractivity contribution in [3.8, 4) is 6.07 Å². The average molecular weight is 520 g/mol. The fraction of sp³-hybridized carbons (Fsp3) is 0.414. The number of ether oxygens (including phenoxy) is 1. The van der Waals surface area contributed by atoms with Crippen molar-refractivity contribution in [1.29, 1.82) is 5.26 Å². The number of allylic oxidation sites excluding steroid dienone is 3. The van der Waals surface area contributed by atoms with Crippen molar-refractivity contribution in [1.82, 2.24) is 0 Å². The van der Waals surface area contributed by atoms with Crippen LogP contribution in [0.2, 0.25) is 0 Å². The van der Waals surface area contributed by atoms with Gasteiger partial charge in [-0.05, 0) is 67.7 Å². The molecule has 0 fully saturated rings. The van der Waals surface area contributed by atoms with Gasteiger partial charge in [0.25, 0.3) is 0 Å². The first kappa shape index (κ1) is 25.2. The van der Waals surface area contributed by atoms with Crippen molar-refractivity contribution in [3.63, 3.8) is 0 Å². The molecule has 2 N–H and O–H groups in total. The number of benzene rings is 1. The lowest BCUT2D eigenvalue weighted by Crippen LogP contribution is -2.42. The molecule has 6 nitrogen and oxygen atoms in total. The third-order valence-corrected chi connectivity index (χ3v) is 8.70. The number of ketones is 1. The van der Waals surface area contributed by atoms with Gasteiger partial charge in [-0.25, -0.2) is 9.18 Å².